The second-order valence-corrected chi connectivity index (χ2v) is 6.60. The van der Waals surface area contributed by atoms with Gasteiger partial charge in [0.2, 0.25) is 0 Å². The molecular formula is C14H11ClN2O3S. The summed E-state index contributed by atoms with van der Waals surface area (Å²) >= 11 is 5.82. The lowest BCUT2D eigenvalue weighted by Gasteiger charge is -2.08. The number of nitrogens with one attached hydrogen (secondary N) is 1. The van der Waals surface area contributed by atoms with E-state index < -0.39 is 10.0 Å². The van der Waals surface area contributed by atoms with Gasteiger partial charge in [0, 0.05) is 18.0 Å². The fourth-order valence-corrected chi connectivity index (χ4v) is 3.30. The van der Waals surface area contributed by atoms with Gasteiger partial charge in [-0.2, -0.15) is 0 Å². The van der Waals surface area contributed by atoms with E-state index in [1.165, 1.54) is 12.1 Å². The first-order chi connectivity index (χ1) is 9.94. The zero-order valence-electron chi connectivity index (χ0n) is 11.0. The van der Waals surface area contributed by atoms with Crippen LogP contribution < -0.4 is 4.72 Å². The van der Waals surface area contributed by atoms with Gasteiger partial charge in [0.15, 0.2) is 11.5 Å². The zero-order valence-corrected chi connectivity index (χ0v) is 12.6. The first kappa shape index (κ1) is 13.9. The monoisotopic (exact) mass is 322 g/mol. The Morgan fingerprint density at radius 3 is 2.76 bits per heavy atom. The third-order valence-corrected chi connectivity index (χ3v) is 4.47. The third-order valence-electron chi connectivity index (χ3n) is 2.85. The van der Waals surface area contributed by atoms with Crippen molar-refractivity contribution < 1.29 is 12.8 Å². The van der Waals surface area contributed by atoms with Gasteiger partial charge in [-0.1, -0.05) is 17.7 Å². The molecule has 0 saturated carbocycles. The van der Waals surface area contributed by atoms with Gasteiger partial charge in [0.05, 0.1) is 10.6 Å². The highest BCUT2D eigenvalue weighted by Gasteiger charge is 2.15. The van der Waals surface area contributed by atoms with Gasteiger partial charge in [-0.25, -0.2) is 13.4 Å². The van der Waals surface area contributed by atoms with Crippen molar-refractivity contribution in [2.75, 3.05) is 4.72 Å². The van der Waals surface area contributed by atoms with Crippen LogP contribution in [-0.2, 0) is 10.0 Å². The van der Waals surface area contributed by atoms with Crippen LogP contribution in [0.2, 0.25) is 5.02 Å². The average molecular weight is 323 g/mol. The molecule has 1 heterocycles. The van der Waals surface area contributed by atoms with E-state index in [4.69, 9.17) is 16.0 Å². The van der Waals surface area contributed by atoms with Crippen molar-refractivity contribution in [3.05, 3.63) is 53.4 Å². The number of hydrogen-bond acceptors (Lipinski definition) is 4. The summed E-state index contributed by atoms with van der Waals surface area (Å²) in [6.45, 7) is 1.73. The van der Waals surface area contributed by atoms with E-state index in [0.717, 1.165) is 0 Å². The van der Waals surface area contributed by atoms with Crippen molar-refractivity contribution >= 4 is 38.4 Å². The molecule has 0 radical (unpaired) electrons. The minimum Gasteiger partial charge on any atom is -0.441 e. The minimum atomic E-state index is -3.69. The van der Waals surface area contributed by atoms with Crippen molar-refractivity contribution in [3.63, 3.8) is 0 Å². The summed E-state index contributed by atoms with van der Waals surface area (Å²) in [5, 5.41) is 0.360. The number of nitrogens with zero attached hydrogens (tertiary/aromatic N) is 1. The number of hydrogen-bond donors (Lipinski definition) is 1. The average Bonchev–Trinajstić information content (AvgIpc) is 2.77. The Kier molecular flexibility index (Phi) is 3.35. The molecule has 0 aliphatic heterocycles. The Bertz CT molecular complexity index is 919. The summed E-state index contributed by atoms with van der Waals surface area (Å²) in [6, 6.07) is 11.0. The number of anilines is 1. The number of sulfonamides is 1. The molecule has 0 amide bonds. The number of rotatable bonds is 3. The molecule has 1 N–H and O–H groups in total. The normalized spacial score (nSPS) is 11.7. The highest BCUT2D eigenvalue weighted by atomic mass is 35.5. The third kappa shape index (κ3) is 2.86. The Morgan fingerprint density at radius 2 is 2.00 bits per heavy atom. The minimum absolute atomic E-state index is 0.101. The van der Waals surface area contributed by atoms with Gasteiger partial charge >= 0.3 is 0 Å². The number of aryl methyl sites for hydroxylation is 1. The lowest BCUT2D eigenvalue weighted by molar-refractivity contribution is 0.561. The molecule has 2 aromatic carbocycles. The van der Waals surface area contributed by atoms with E-state index in [0.29, 0.717) is 27.7 Å². The topological polar surface area (TPSA) is 72.2 Å². The zero-order chi connectivity index (χ0) is 15.0. The standard InChI is InChI=1S/C14H11ClN2O3S/c1-9-16-13-6-5-11(8-14(13)20-9)17-21(18,19)12-4-2-3-10(15)7-12/h2-8,17H,1H3. The van der Waals surface area contributed by atoms with Crippen LogP contribution >= 0.6 is 11.6 Å². The highest BCUT2D eigenvalue weighted by molar-refractivity contribution is 7.92. The van der Waals surface area contributed by atoms with Gasteiger partial charge in [-0.3, -0.25) is 4.72 Å². The predicted octanol–water partition coefficient (Wildman–Crippen LogP) is 3.59. The van der Waals surface area contributed by atoms with Crippen molar-refractivity contribution in [1.82, 2.24) is 4.98 Å². The summed E-state index contributed by atoms with van der Waals surface area (Å²) in [7, 11) is -3.69. The molecular weight excluding hydrogens is 312 g/mol. The van der Waals surface area contributed by atoms with E-state index >= 15 is 0 Å². The van der Waals surface area contributed by atoms with Gasteiger partial charge < -0.3 is 4.42 Å². The number of halogens is 1. The second-order valence-electron chi connectivity index (χ2n) is 4.48. The molecule has 3 aromatic rings. The summed E-state index contributed by atoms with van der Waals surface area (Å²) < 4.78 is 32.4. The fraction of sp³-hybridized carbons (Fsp3) is 0.0714. The van der Waals surface area contributed by atoms with Gasteiger partial charge in [0.25, 0.3) is 10.0 Å². The maximum Gasteiger partial charge on any atom is 0.261 e. The molecule has 0 atom stereocenters. The molecule has 3 rings (SSSR count). The Morgan fingerprint density at radius 1 is 1.19 bits per heavy atom. The molecule has 7 heteroatoms. The summed E-state index contributed by atoms with van der Waals surface area (Å²) in [5.74, 6) is 0.528. The number of oxazole rings is 1. The Hall–Kier alpha value is -2.05. The maximum atomic E-state index is 12.3. The van der Waals surface area contributed by atoms with Crippen molar-refractivity contribution in [3.8, 4) is 0 Å². The molecule has 21 heavy (non-hydrogen) atoms. The first-order valence-corrected chi connectivity index (χ1v) is 7.96. The number of aromatic nitrogens is 1. The quantitative estimate of drug-likeness (QED) is 0.799. The van der Waals surface area contributed by atoms with Gasteiger partial charge in [-0.05, 0) is 30.3 Å². The lowest BCUT2D eigenvalue weighted by Crippen LogP contribution is -2.12. The number of fused-ring (bicyclic) bond motifs is 1. The molecule has 0 spiro atoms. The molecule has 108 valence electrons. The van der Waals surface area contributed by atoms with Crippen LogP contribution in [0.4, 0.5) is 5.69 Å². The lowest BCUT2D eigenvalue weighted by atomic mass is 10.3. The highest BCUT2D eigenvalue weighted by Crippen LogP contribution is 2.23. The number of benzene rings is 2. The Labute approximate surface area is 126 Å². The van der Waals surface area contributed by atoms with Crippen molar-refractivity contribution in [2.45, 2.75) is 11.8 Å². The molecule has 0 fully saturated rings. The second kappa shape index (κ2) is 5.05. The molecule has 0 unspecified atom stereocenters. The van der Waals surface area contributed by atoms with Crippen molar-refractivity contribution in [1.29, 1.82) is 0 Å². The van der Waals surface area contributed by atoms with E-state index in [-0.39, 0.29) is 4.90 Å². The maximum absolute atomic E-state index is 12.3. The fourth-order valence-electron chi connectivity index (χ4n) is 1.95. The molecule has 1 aromatic heterocycles. The molecule has 0 bridgehead atoms. The summed E-state index contributed by atoms with van der Waals surface area (Å²) in [4.78, 5) is 4.26. The first-order valence-electron chi connectivity index (χ1n) is 6.10. The predicted molar refractivity (Wildman–Crippen MR) is 81.0 cm³/mol. The smallest absolute Gasteiger partial charge is 0.261 e. The van der Waals surface area contributed by atoms with Crippen LogP contribution in [0.1, 0.15) is 5.89 Å². The Balaban J connectivity index is 1.96. The van der Waals surface area contributed by atoms with Crippen LogP contribution in [-0.4, -0.2) is 13.4 Å². The van der Waals surface area contributed by atoms with E-state index in [1.807, 2.05) is 0 Å². The molecule has 5 nitrogen and oxygen atoms in total. The van der Waals surface area contributed by atoms with Gasteiger partial charge in [-0.15, -0.1) is 0 Å². The van der Waals surface area contributed by atoms with Crippen LogP contribution in [0.25, 0.3) is 11.1 Å². The summed E-state index contributed by atoms with van der Waals surface area (Å²) in [6.07, 6.45) is 0. The van der Waals surface area contributed by atoms with Crippen LogP contribution in [0.5, 0.6) is 0 Å². The van der Waals surface area contributed by atoms with Crippen LogP contribution in [0.15, 0.2) is 51.8 Å². The van der Waals surface area contributed by atoms with Gasteiger partial charge in [0.1, 0.15) is 5.52 Å². The van der Waals surface area contributed by atoms with E-state index in [9.17, 15) is 8.42 Å². The largest absolute Gasteiger partial charge is 0.441 e. The molecule has 0 aliphatic rings. The van der Waals surface area contributed by atoms with Crippen LogP contribution in [0, 0.1) is 6.92 Å². The van der Waals surface area contributed by atoms with E-state index in [1.54, 1.807) is 37.3 Å². The molecule has 0 aliphatic carbocycles. The van der Waals surface area contributed by atoms with E-state index in [2.05, 4.69) is 9.71 Å². The van der Waals surface area contributed by atoms with Crippen molar-refractivity contribution in [2.24, 2.45) is 0 Å². The summed E-state index contributed by atoms with van der Waals surface area (Å²) in [5.41, 5.74) is 1.61. The molecule has 0 saturated heterocycles. The van der Waals surface area contributed by atoms with Crippen LogP contribution in [0.3, 0.4) is 0 Å². The SMILES string of the molecule is Cc1nc2ccc(NS(=O)(=O)c3cccc(Cl)c3)cc2o1.